The minimum atomic E-state index is -0.0946. The number of terminal acetylenes is 1. The first-order chi connectivity index (χ1) is 12.7. The summed E-state index contributed by atoms with van der Waals surface area (Å²) in [6, 6.07) is 8.67. The van der Waals surface area contributed by atoms with E-state index in [9.17, 15) is 0 Å². The molecule has 4 heteroatoms. The van der Waals surface area contributed by atoms with Crippen molar-refractivity contribution in [2.24, 2.45) is 22.4 Å². The lowest BCUT2D eigenvalue weighted by molar-refractivity contribution is 0.577. The fourth-order valence-corrected chi connectivity index (χ4v) is 4.11. The molecule has 1 saturated heterocycles. The normalized spacial score (nSPS) is 25.2. The Morgan fingerprint density at radius 1 is 1.19 bits per heavy atom. The van der Waals surface area contributed by atoms with Gasteiger partial charge in [-0.05, 0) is 49.8 Å². The molecule has 1 atom stereocenters. The zero-order valence-corrected chi connectivity index (χ0v) is 15.1. The molecule has 1 unspecified atom stereocenters. The summed E-state index contributed by atoms with van der Waals surface area (Å²) in [7, 11) is 0. The lowest BCUT2D eigenvalue weighted by Crippen LogP contribution is -2.30. The number of hydrogen-bond donors (Lipinski definition) is 2. The van der Waals surface area contributed by atoms with E-state index >= 15 is 0 Å². The molecule has 0 radical (unpaired) electrons. The molecule has 0 amide bonds. The van der Waals surface area contributed by atoms with Crippen molar-refractivity contribution in [2.45, 2.75) is 38.0 Å². The minimum Gasteiger partial charge on any atom is -0.404 e. The fraction of sp³-hybridized carbons (Fsp3) is 0.409. The van der Waals surface area contributed by atoms with Crippen LogP contribution >= 0.6 is 0 Å². The Labute approximate surface area is 155 Å². The van der Waals surface area contributed by atoms with Gasteiger partial charge in [-0.25, -0.2) is 4.99 Å². The number of nitrogens with two attached hydrogens (primary N) is 2. The van der Waals surface area contributed by atoms with E-state index in [2.05, 4.69) is 40.1 Å². The zero-order chi connectivity index (χ0) is 18.1. The number of hydrogen-bond acceptors (Lipinski definition) is 4. The number of amidine groups is 1. The molecule has 0 bridgehead atoms. The summed E-state index contributed by atoms with van der Waals surface area (Å²) in [5.74, 6) is 3.77. The third-order valence-electron chi connectivity index (χ3n) is 5.64. The maximum Gasteiger partial charge on any atom is 0.129 e. The van der Waals surface area contributed by atoms with Gasteiger partial charge in [0.1, 0.15) is 5.84 Å². The predicted molar refractivity (Wildman–Crippen MR) is 108 cm³/mol. The van der Waals surface area contributed by atoms with E-state index in [4.69, 9.17) is 17.9 Å². The Morgan fingerprint density at radius 3 is 2.62 bits per heavy atom. The number of piperidine rings is 1. The summed E-state index contributed by atoms with van der Waals surface area (Å²) in [6.45, 7) is 2.23. The Hall–Kier alpha value is -2.67. The van der Waals surface area contributed by atoms with Crippen LogP contribution in [0.3, 0.4) is 0 Å². The van der Waals surface area contributed by atoms with Gasteiger partial charge >= 0.3 is 0 Å². The minimum absolute atomic E-state index is 0.0946. The van der Waals surface area contributed by atoms with Gasteiger partial charge in [0.05, 0.1) is 5.70 Å². The maximum absolute atomic E-state index is 6.26. The first-order valence-electron chi connectivity index (χ1n) is 9.55. The van der Waals surface area contributed by atoms with Gasteiger partial charge in [-0.15, -0.1) is 6.42 Å². The third-order valence-corrected chi connectivity index (χ3v) is 5.64. The SMILES string of the molecule is C#CC1=C(C2CC2)N=C(N)/C(=C\N)C1c1cccc(N2CCCCC2)c1. The van der Waals surface area contributed by atoms with E-state index < -0.39 is 0 Å². The molecule has 4 N–H and O–H groups in total. The van der Waals surface area contributed by atoms with E-state index in [0.717, 1.165) is 48.3 Å². The molecular weight excluding hydrogens is 320 g/mol. The van der Waals surface area contributed by atoms with Crippen molar-refractivity contribution in [3.8, 4) is 12.3 Å². The second-order valence-electron chi connectivity index (χ2n) is 7.41. The van der Waals surface area contributed by atoms with Crippen molar-refractivity contribution in [1.29, 1.82) is 0 Å². The molecule has 2 aliphatic heterocycles. The monoisotopic (exact) mass is 346 g/mol. The van der Waals surface area contributed by atoms with Gasteiger partial charge in [-0.1, -0.05) is 18.1 Å². The van der Waals surface area contributed by atoms with Crippen molar-refractivity contribution in [3.63, 3.8) is 0 Å². The number of nitrogens with zero attached hydrogens (tertiary/aromatic N) is 2. The quantitative estimate of drug-likeness (QED) is 0.826. The van der Waals surface area contributed by atoms with Crippen LogP contribution in [0.1, 0.15) is 43.6 Å². The standard InChI is InChI=1S/C22H26N4/c1-2-18-20(19(14-23)22(24)25-21(18)15-9-10-15)16-7-6-8-17(13-16)26-11-4-3-5-12-26/h1,6-8,13-15,20H,3-5,9-12,23H2,(H2,24,25)/b19-14-. The number of anilines is 1. The van der Waals surface area contributed by atoms with Crippen LogP contribution in [0.25, 0.3) is 0 Å². The van der Waals surface area contributed by atoms with Crippen LogP contribution in [-0.2, 0) is 0 Å². The number of rotatable bonds is 3. The second kappa shape index (κ2) is 6.92. The van der Waals surface area contributed by atoms with Gasteiger partial charge in [0, 0.05) is 48.0 Å². The molecule has 2 heterocycles. The molecule has 0 aromatic heterocycles. The summed E-state index contributed by atoms with van der Waals surface area (Å²) in [5, 5.41) is 0. The number of allylic oxidation sites excluding steroid dienone is 2. The van der Waals surface area contributed by atoms with E-state index in [-0.39, 0.29) is 5.92 Å². The fourth-order valence-electron chi connectivity index (χ4n) is 4.11. The van der Waals surface area contributed by atoms with Crippen molar-refractivity contribution in [2.75, 3.05) is 18.0 Å². The van der Waals surface area contributed by atoms with Gasteiger partial charge < -0.3 is 16.4 Å². The summed E-state index contributed by atoms with van der Waals surface area (Å²) < 4.78 is 0. The van der Waals surface area contributed by atoms with E-state index in [1.54, 1.807) is 6.20 Å². The van der Waals surface area contributed by atoms with Crippen LogP contribution in [0.5, 0.6) is 0 Å². The number of benzene rings is 1. The molecule has 1 aromatic rings. The van der Waals surface area contributed by atoms with Crippen LogP contribution in [0, 0.1) is 18.3 Å². The summed E-state index contributed by atoms with van der Waals surface area (Å²) in [4.78, 5) is 7.07. The largest absolute Gasteiger partial charge is 0.404 e. The molecule has 2 fully saturated rings. The highest BCUT2D eigenvalue weighted by Gasteiger charge is 2.36. The topological polar surface area (TPSA) is 67.6 Å². The van der Waals surface area contributed by atoms with Crippen LogP contribution in [-0.4, -0.2) is 18.9 Å². The van der Waals surface area contributed by atoms with E-state index in [1.807, 2.05) is 0 Å². The highest BCUT2D eigenvalue weighted by atomic mass is 15.1. The van der Waals surface area contributed by atoms with Crippen molar-refractivity contribution < 1.29 is 0 Å². The lowest BCUT2D eigenvalue weighted by Gasteiger charge is -2.31. The van der Waals surface area contributed by atoms with Gasteiger partial charge in [-0.3, -0.25) is 0 Å². The molecule has 1 saturated carbocycles. The molecule has 134 valence electrons. The van der Waals surface area contributed by atoms with Crippen LogP contribution < -0.4 is 16.4 Å². The highest BCUT2D eigenvalue weighted by molar-refractivity contribution is 6.01. The summed E-state index contributed by atoms with van der Waals surface area (Å²) >= 11 is 0. The van der Waals surface area contributed by atoms with Crippen LogP contribution in [0.2, 0.25) is 0 Å². The molecule has 4 rings (SSSR count). The first kappa shape index (κ1) is 16.8. The van der Waals surface area contributed by atoms with Crippen LogP contribution in [0.15, 0.2) is 52.3 Å². The molecule has 26 heavy (non-hydrogen) atoms. The van der Waals surface area contributed by atoms with Gasteiger partial charge in [-0.2, -0.15) is 0 Å². The molecule has 3 aliphatic rings. The molecule has 4 nitrogen and oxygen atoms in total. The Kier molecular flexibility index (Phi) is 4.46. The Balaban J connectivity index is 1.77. The predicted octanol–water partition coefficient (Wildman–Crippen LogP) is 3.27. The summed E-state index contributed by atoms with van der Waals surface area (Å²) in [6.07, 6.45) is 13.6. The molecule has 1 aliphatic carbocycles. The highest BCUT2D eigenvalue weighted by Crippen LogP contribution is 2.46. The van der Waals surface area contributed by atoms with Gasteiger partial charge in [0.25, 0.3) is 0 Å². The molecule has 0 spiro atoms. The van der Waals surface area contributed by atoms with Crippen molar-refractivity contribution >= 4 is 11.5 Å². The maximum atomic E-state index is 6.26. The van der Waals surface area contributed by atoms with Crippen molar-refractivity contribution in [1.82, 2.24) is 0 Å². The lowest BCUT2D eigenvalue weighted by atomic mass is 9.81. The second-order valence-corrected chi connectivity index (χ2v) is 7.41. The van der Waals surface area contributed by atoms with Crippen LogP contribution in [0.4, 0.5) is 5.69 Å². The van der Waals surface area contributed by atoms with E-state index in [0.29, 0.717) is 11.8 Å². The smallest absolute Gasteiger partial charge is 0.129 e. The first-order valence-corrected chi connectivity index (χ1v) is 9.55. The van der Waals surface area contributed by atoms with E-state index in [1.165, 1.54) is 24.9 Å². The zero-order valence-electron chi connectivity index (χ0n) is 15.1. The van der Waals surface area contributed by atoms with Crippen molar-refractivity contribution in [3.05, 3.63) is 52.9 Å². The van der Waals surface area contributed by atoms with Gasteiger partial charge in [0.15, 0.2) is 0 Å². The molecular formula is C22H26N4. The average molecular weight is 346 g/mol. The third kappa shape index (κ3) is 2.99. The summed E-state index contributed by atoms with van der Waals surface area (Å²) in [5.41, 5.74) is 17.3. The van der Waals surface area contributed by atoms with Gasteiger partial charge in [0.2, 0.25) is 0 Å². The Morgan fingerprint density at radius 2 is 1.96 bits per heavy atom. The molecule has 1 aromatic carbocycles. The average Bonchev–Trinajstić information content (AvgIpc) is 3.53. The number of aliphatic imine (C=N–C) groups is 1. The Bertz CT molecular complexity index is 830.